The first kappa shape index (κ1) is 13.2. The van der Waals surface area contributed by atoms with Gasteiger partial charge in [0.1, 0.15) is 12.1 Å². The van der Waals surface area contributed by atoms with E-state index in [0.29, 0.717) is 12.2 Å². The molecule has 0 saturated heterocycles. The Balaban J connectivity index is 1.77. The summed E-state index contributed by atoms with van der Waals surface area (Å²) in [5.74, 6) is 1.57. The molecule has 8 heteroatoms. The quantitative estimate of drug-likeness (QED) is 0.182. The summed E-state index contributed by atoms with van der Waals surface area (Å²) in [5, 5.41) is 18.7. The molecule has 0 aliphatic heterocycles. The van der Waals surface area contributed by atoms with Crippen LogP contribution in [0.5, 0.6) is 5.75 Å². The van der Waals surface area contributed by atoms with Gasteiger partial charge >= 0.3 is 0 Å². The number of ether oxygens (including phenoxy) is 1. The van der Waals surface area contributed by atoms with E-state index in [2.05, 4.69) is 20.3 Å². The fourth-order valence-corrected chi connectivity index (χ4v) is 1.94. The molecule has 2 aromatic rings. The Bertz CT molecular complexity index is 527. The highest BCUT2D eigenvalue weighted by Crippen LogP contribution is 2.14. The summed E-state index contributed by atoms with van der Waals surface area (Å²) in [4.78, 5) is 3.99. The number of nitrogens with two attached hydrogens (primary N) is 1. The zero-order chi connectivity index (χ0) is 13.5. The Labute approximate surface area is 113 Å². The van der Waals surface area contributed by atoms with E-state index in [4.69, 9.17) is 15.7 Å². The fourth-order valence-electron chi connectivity index (χ4n) is 1.34. The van der Waals surface area contributed by atoms with Gasteiger partial charge in [-0.25, -0.2) is 4.98 Å². The van der Waals surface area contributed by atoms with Crippen molar-refractivity contribution in [1.82, 2.24) is 15.2 Å². The van der Waals surface area contributed by atoms with Crippen LogP contribution in [0.25, 0.3) is 0 Å². The Morgan fingerprint density at radius 3 is 2.84 bits per heavy atom. The third-order valence-electron chi connectivity index (χ3n) is 2.24. The number of nitrogens with one attached hydrogen (secondary N) is 1. The molecular weight excluding hydrogens is 266 g/mol. The molecular formula is C11H13N5O2S. The molecule has 4 N–H and O–H groups in total. The van der Waals surface area contributed by atoms with Crippen molar-refractivity contribution >= 4 is 17.6 Å². The molecule has 1 aromatic carbocycles. The lowest BCUT2D eigenvalue weighted by Crippen LogP contribution is -2.12. The van der Waals surface area contributed by atoms with Crippen LogP contribution in [0.2, 0.25) is 0 Å². The van der Waals surface area contributed by atoms with Gasteiger partial charge in [-0.1, -0.05) is 16.9 Å². The van der Waals surface area contributed by atoms with Gasteiger partial charge in [-0.15, -0.1) is 0 Å². The number of oxime groups is 1. The summed E-state index contributed by atoms with van der Waals surface area (Å²) in [6.45, 7) is 0.550. The van der Waals surface area contributed by atoms with Crippen LogP contribution >= 0.6 is 11.8 Å². The maximum absolute atomic E-state index is 8.54. The molecule has 0 bridgehead atoms. The van der Waals surface area contributed by atoms with Gasteiger partial charge in [0.2, 0.25) is 0 Å². The topological polar surface area (TPSA) is 109 Å². The van der Waals surface area contributed by atoms with Crippen LogP contribution in [0.3, 0.4) is 0 Å². The fraction of sp³-hybridized carbons (Fsp3) is 0.182. The zero-order valence-corrected chi connectivity index (χ0v) is 10.8. The first-order valence-electron chi connectivity index (χ1n) is 5.48. The van der Waals surface area contributed by atoms with Gasteiger partial charge in [-0.2, -0.15) is 5.10 Å². The van der Waals surface area contributed by atoms with Gasteiger partial charge in [-0.05, 0) is 24.3 Å². The number of hydrogen-bond acceptors (Lipinski definition) is 6. The van der Waals surface area contributed by atoms with Crippen molar-refractivity contribution in [2.45, 2.75) is 5.16 Å². The van der Waals surface area contributed by atoms with Crippen molar-refractivity contribution in [2.24, 2.45) is 10.9 Å². The predicted molar refractivity (Wildman–Crippen MR) is 71.6 cm³/mol. The number of benzene rings is 1. The summed E-state index contributed by atoms with van der Waals surface area (Å²) >= 11 is 1.53. The highest BCUT2D eigenvalue weighted by Gasteiger charge is 2.00. The predicted octanol–water partition coefficient (Wildman–Crippen LogP) is 1.07. The van der Waals surface area contributed by atoms with Gasteiger partial charge < -0.3 is 15.7 Å². The van der Waals surface area contributed by atoms with Gasteiger partial charge in [0.15, 0.2) is 11.0 Å². The second-order valence-electron chi connectivity index (χ2n) is 3.50. The van der Waals surface area contributed by atoms with Crippen molar-refractivity contribution in [3.63, 3.8) is 0 Å². The molecule has 0 saturated carbocycles. The number of amidine groups is 1. The van der Waals surface area contributed by atoms with Crippen molar-refractivity contribution in [3.8, 4) is 5.75 Å². The first-order valence-corrected chi connectivity index (χ1v) is 6.47. The van der Waals surface area contributed by atoms with Crippen molar-refractivity contribution in [2.75, 3.05) is 12.4 Å². The average molecular weight is 279 g/mol. The standard InChI is InChI=1S/C11H13N5O2S/c12-10(16-17)8-1-3-9(4-2-8)18-5-6-19-11-13-7-14-15-11/h1-4,7,17H,5-6H2,(H2,12,16)(H,13,14,15). The molecule has 2 rings (SSSR count). The van der Waals surface area contributed by atoms with Crippen LogP contribution in [0.1, 0.15) is 5.56 Å². The molecule has 0 spiro atoms. The SMILES string of the molecule is N/C(=N/O)c1ccc(OCCSc2ncn[nH]2)cc1. The highest BCUT2D eigenvalue weighted by molar-refractivity contribution is 7.99. The monoisotopic (exact) mass is 279 g/mol. The van der Waals surface area contributed by atoms with E-state index in [-0.39, 0.29) is 5.84 Å². The Hall–Kier alpha value is -2.22. The number of hydrogen-bond donors (Lipinski definition) is 3. The maximum atomic E-state index is 8.54. The van der Waals surface area contributed by atoms with Crippen molar-refractivity contribution in [1.29, 1.82) is 0 Å². The van der Waals surface area contributed by atoms with E-state index >= 15 is 0 Å². The molecule has 0 unspecified atom stereocenters. The second-order valence-corrected chi connectivity index (χ2v) is 4.58. The van der Waals surface area contributed by atoms with Gasteiger partial charge in [-0.3, -0.25) is 5.10 Å². The third kappa shape index (κ3) is 3.88. The number of aromatic nitrogens is 3. The van der Waals surface area contributed by atoms with Crippen LogP contribution in [0, 0.1) is 0 Å². The van der Waals surface area contributed by atoms with Gasteiger partial charge in [0, 0.05) is 11.3 Å². The summed E-state index contributed by atoms with van der Waals surface area (Å²) in [6, 6.07) is 7.00. The van der Waals surface area contributed by atoms with Crippen LogP contribution in [0.4, 0.5) is 0 Å². The number of aromatic amines is 1. The minimum absolute atomic E-state index is 0.0763. The summed E-state index contributed by atoms with van der Waals surface area (Å²) in [6.07, 6.45) is 1.47. The van der Waals surface area contributed by atoms with E-state index in [1.54, 1.807) is 24.3 Å². The van der Waals surface area contributed by atoms with E-state index in [9.17, 15) is 0 Å². The van der Waals surface area contributed by atoms with E-state index in [1.807, 2.05) is 0 Å². The average Bonchev–Trinajstić information content (AvgIpc) is 2.96. The minimum Gasteiger partial charge on any atom is -0.493 e. The number of nitrogens with zero attached hydrogens (tertiary/aromatic N) is 3. The lowest BCUT2D eigenvalue weighted by atomic mass is 10.2. The zero-order valence-electron chi connectivity index (χ0n) is 9.98. The number of H-pyrrole nitrogens is 1. The maximum Gasteiger partial charge on any atom is 0.183 e. The van der Waals surface area contributed by atoms with Crippen LogP contribution in [-0.2, 0) is 0 Å². The smallest absolute Gasteiger partial charge is 0.183 e. The van der Waals surface area contributed by atoms with Crippen LogP contribution in [-0.4, -0.2) is 38.6 Å². The van der Waals surface area contributed by atoms with Crippen molar-refractivity contribution < 1.29 is 9.94 Å². The molecule has 0 aliphatic rings. The third-order valence-corrected chi connectivity index (χ3v) is 3.08. The molecule has 0 radical (unpaired) electrons. The molecule has 100 valence electrons. The summed E-state index contributed by atoms with van der Waals surface area (Å²) < 4.78 is 5.55. The second kappa shape index (κ2) is 6.64. The molecule has 7 nitrogen and oxygen atoms in total. The molecule has 19 heavy (non-hydrogen) atoms. The Kier molecular flexibility index (Phi) is 4.62. The number of thioether (sulfide) groups is 1. The minimum atomic E-state index is 0.0763. The van der Waals surface area contributed by atoms with E-state index in [1.165, 1.54) is 18.1 Å². The highest BCUT2D eigenvalue weighted by atomic mass is 32.2. The van der Waals surface area contributed by atoms with Crippen molar-refractivity contribution in [3.05, 3.63) is 36.2 Å². The molecule has 0 amide bonds. The largest absolute Gasteiger partial charge is 0.493 e. The van der Waals surface area contributed by atoms with Gasteiger partial charge in [0.25, 0.3) is 0 Å². The normalized spacial score (nSPS) is 11.5. The van der Waals surface area contributed by atoms with Crippen LogP contribution in [0.15, 0.2) is 40.9 Å². The van der Waals surface area contributed by atoms with E-state index < -0.39 is 0 Å². The molecule has 1 aromatic heterocycles. The van der Waals surface area contributed by atoms with Gasteiger partial charge in [0.05, 0.1) is 6.61 Å². The Morgan fingerprint density at radius 1 is 1.42 bits per heavy atom. The lowest BCUT2D eigenvalue weighted by molar-refractivity contribution is 0.318. The molecule has 0 aliphatic carbocycles. The lowest BCUT2D eigenvalue weighted by Gasteiger charge is -2.06. The summed E-state index contributed by atoms with van der Waals surface area (Å²) in [7, 11) is 0. The van der Waals surface area contributed by atoms with E-state index in [0.717, 1.165) is 16.7 Å². The number of rotatable bonds is 6. The molecule has 0 fully saturated rings. The Morgan fingerprint density at radius 2 is 2.21 bits per heavy atom. The summed E-state index contributed by atoms with van der Waals surface area (Å²) in [5.41, 5.74) is 6.10. The molecule has 1 heterocycles. The molecule has 0 atom stereocenters. The van der Waals surface area contributed by atoms with Crippen LogP contribution < -0.4 is 10.5 Å². The first-order chi connectivity index (χ1) is 9.29.